The first-order valence-electron chi connectivity index (χ1n) is 15.6. The number of carbonyl (C=O) groups is 2. The topological polar surface area (TPSA) is 86.8 Å². The van der Waals surface area contributed by atoms with Crippen LogP contribution in [0.4, 0.5) is 5.69 Å². The maximum Gasteiger partial charge on any atom is 0.264 e. The zero-order chi connectivity index (χ0) is 32.7. The quantitative estimate of drug-likeness (QED) is 0.181. The zero-order valence-electron chi connectivity index (χ0n) is 26.2. The molecule has 0 aromatic heterocycles. The SMILES string of the molecule is Cc1ccc(S(=O)(=O)N(CC(=O)N(Cc2ccccc2)[C@H](Cc2ccccc2)C(=O)NC2CCCC2)c2cc(Cl)ccc2C)cc1. The van der Waals surface area contributed by atoms with Gasteiger partial charge >= 0.3 is 0 Å². The van der Waals surface area contributed by atoms with Gasteiger partial charge in [-0.2, -0.15) is 0 Å². The van der Waals surface area contributed by atoms with Crippen molar-refractivity contribution in [3.05, 3.63) is 130 Å². The van der Waals surface area contributed by atoms with Crippen LogP contribution in [-0.2, 0) is 32.6 Å². The van der Waals surface area contributed by atoms with Crippen LogP contribution in [0.15, 0.2) is 108 Å². The fraction of sp³-hybridized carbons (Fsp3) is 0.297. The number of carbonyl (C=O) groups excluding carboxylic acids is 2. The maximum absolute atomic E-state index is 14.6. The van der Waals surface area contributed by atoms with Gasteiger partial charge in [-0.1, -0.05) is 109 Å². The van der Waals surface area contributed by atoms with Gasteiger partial charge < -0.3 is 10.2 Å². The number of sulfonamides is 1. The van der Waals surface area contributed by atoms with E-state index < -0.39 is 28.5 Å². The Morgan fingerprint density at radius 3 is 2.09 bits per heavy atom. The van der Waals surface area contributed by atoms with Crippen molar-refractivity contribution in [1.82, 2.24) is 10.2 Å². The van der Waals surface area contributed by atoms with Crippen molar-refractivity contribution >= 4 is 39.1 Å². The average Bonchev–Trinajstić information content (AvgIpc) is 3.57. The van der Waals surface area contributed by atoms with Crippen molar-refractivity contribution in [3.8, 4) is 0 Å². The minimum absolute atomic E-state index is 0.0481. The van der Waals surface area contributed by atoms with Gasteiger partial charge in [-0.3, -0.25) is 13.9 Å². The van der Waals surface area contributed by atoms with Crippen LogP contribution in [-0.4, -0.2) is 43.8 Å². The van der Waals surface area contributed by atoms with Gasteiger partial charge in [0.05, 0.1) is 10.6 Å². The highest BCUT2D eigenvalue weighted by Crippen LogP contribution is 2.30. The minimum Gasteiger partial charge on any atom is -0.352 e. The Labute approximate surface area is 277 Å². The lowest BCUT2D eigenvalue weighted by Crippen LogP contribution is -2.54. The molecular weight excluding hydrogens is 618 g/mol. The van der Waals surface area contributed by atoms with Gasteiger partial charge in [-0.05, 0) is 67.6 Å². The average molecular weight is 658 g/mol. The Morgan fingerprint density at radius 2 is 1.46 bits per heavy atom. The normalized spacial score (nSPS) is 14.1. The molecule has 7 nitrogen and oxygen atoms in total. The van der Waals surface area contributed by atoms with E-state index in [1.165, 1.54) is 17.0 Å². The largest absolute Gasteiger partial charge is 0.352 e. The summed E-state index contributed by atoms with van der Waals surface area (Å²) in [5, 5.41) is 3.54. The molecule has 1 fully saturated rings. The van der Waals surface area contributed by atoms with Crippen molar-refractivity contribution in [1.29, 1.82) is 0 Å². The van der Waals surface area contributed by atoms with Gasteiger partial charge in [0.25, 0.3) is 10.0 Å². The second kappa shape index (κ2) is 15.0. The van der Waals surface area contributed by atoms with Crippen molar-refractivity contribution in [2.75, 3.05) is 10.8 Å². The summed E-state index contributed by atoms with van der Waals surface area (Å²) >= 11 is 6.38. The molecule has 46 heavy (non-hydrogen) atoms. The van der Waals surface area contributed by atoms with Crippen LogP contribution in [0.25, 0.3) is 0 Å². The summed E-state index contributed by atoms with van der Waals surface area (Å²) < 4.78 is 29.7. The summed E-state index contributed by atoms with van der Waals surface area (Å²) in [6.07, 6.45) is 4.16. The summed E-state index contributed by atoms with van der Waals surface area (Å²) in [4.78, 5) is 30.3. The standard InChI is InChI=1S/C37H40ClN3O4S/c1-27-17-21-33(22-18-27)46(44,45)41(34-24-31(38)20-19-28(34)2)26-36(42)40(25-30-13-7-4-8-14-30)35(23-29-11-5-3-6-12-29)37(43)39-32-15-9-10-16-32/h3-8,11-14,17-22,24,32,35H,9-10,15-16,23,25-26H2,1-2H3,(H,39,43)/t35-/m1/s1. The first-order chi connectivity index (χ1) is 22.1. The van der Waals surface area contributed by atoms with Crippen LogP contribution >= 0.6 is 11.6 Å². The van der Waals surface area contributed by atoms with E-state index in [0.29, 0.717) is 16.3 Å². The number of hydrogen-bond acceptors (Lipinski definition) is 4. The van der Waals surface area contributed by atoms with Crippen molar-refractivity contribution in [2.45, 2.75) is 69.5 Å². The van der Waals surface area contributed by atoms with E-state index in [1.807, 2.05) is 67.6 Å². The van der Waals surface area contributed by atoms with Crippen molar-refractivity contribution in [3.63, 3.8) is 0 Å². The number of anilines is 1. The van der Waals surface area contributed by atoms with Crippen LogP contribution < -0.4 is 9.62 Å². The zero-order valence-corrected chi connectivity index (χ0v) is 27.8. The monoisotopic (exact) mass is 657 g/mol. The Bertz CT molecular complexity index is 1740. The number of nitrogens with one attached hydrogen (secondary N) is 1. The molecular formula is C37H40ClN3O4S. The molecule has 0 saturated heterocycles. The third-order valence-corrected chi connectivity index (χ3v) is 10.5. The van der Waals surface area contributed by atoms with E-state index in [1.54, 1.807) is 37.3 Å². The molecule has 1 aliphatic carbocycles. The minimum atomic E-state index is -4.21. The van der Waals surface area contributed by atoms with E-state index in [9.17, 15) is 18.0 Å². The predicted octanol–water partition coefficient (Wildman–Crippen LogP) is 6.85. The van der Waals surface area contributed by atoms with Crippen LogP contribution in [0, 0.1) is 13.8 Å². The second-order valence-corrected chi connectivity index (χ2v) is 14.3. The van der Waals surface area contributed by atoms with Crippen molar-refractivity contribution < 1.29 is 18.0 Å². The van der Waals surface area contributed by atoms with Crippen LogP contribution in [0.5, 0.6) is 0 Å². The summed E-state index contributed by atoms with van der Waals surface area (Å²) in [6.45, 7) is 3.26. The summed E-state index contributed by atoms with van der Waals surface area (Å²) in [5.41, 5.74) is 3.58. The molecule has 2 amide bonds. The Hall–Kier alpha value is -4.14. The summed E-state index contributed by atoms with van der Waals surface area (Å²) in [5.74, 6) is -0.742. The molecule has 4 aromatic carbocycles. The smallest absolute Gasteiger partial charge is 0.264 e. The van der Waals surface area contributed by atoms with Crippen LogP contribution in [0.1, 0.15) is 47.9 Å². The number of benzene rings is 4. The lowest BCUT2D eigenvalue weighted by molar-refractivity contribution is -0.140. The molecule has 1 saturated carbocycles. The fourth-order valence-corrected chi connectivity index (χ4v) is 7.54. The maximum atomic E-state index is 14.6. The van der Waals surface area contributed by atoms with E-state index in [4.69, 9.17) is 11.6 Å². The molecule has 5 rings (SSSR count). The Kier molecular flexibility index (Phi) is 10.8. The molecule has 0 heterocycles. The number of amides is 2. The van der Waals surface area contributed by atoms with Gasteiger partial charge in [0, 0.05) is 24.0 Å². The third kappa shape index (κ3) is 8.17. The number of aryl methyl sites for hydroxylation is 2. The van der Waals surface area contributed by atoms with Gasteiger partial charge in [-0.25, -0.2) is 8.42 Å². The van der Waals surface area contributed by atoms with Crippen molar-refractivity contribution in [2.24, 2.45) is 0 Å². The van der Waals surface area contributed by atoms with E-state index in [-0.39, 0.29) is 29.8 Å². The second-order valence-electron chi connectivity index (χ2n) is 12.0. The highest BCUT2D eigenvalue weighted by atomic mass is 35.5. The molecule has 0 spiro atoms. The van der Waals surface area contributed by atoms with Gasteiger partial charge in [0.2, 0.25) is 11.8 Å². The predicted molar refractivity (Wildman–Crippen MR) is 183 cm³/mol. The molecule has 1 atom stereocenters. The molecule has 240 valence electrons. The Morgan fingerprint density at radius 1 is 0.848 bits per heavy atom. The molecule has 0 unspecified atom stereocenters. The third-order valence-electron chi connectivity index (χ3n) is 8.50. The summed E-state index contributed by atoms with van der Waals surface area (Å²) in [6, 6.07) is 29.7. The van der Waals surface area contributed by atoms with Crippen LogP contribution in [0.2, 0.25) is 5.02 Å². The lowest BCUT2D eigenvalue weighted by Gasteiger charge is -2.34. The summed E-state index contributed by atoms with van der Waals surface area (Å²) in [7, 11) is -4.21. The lowest BCUT2D eigenvalue weighted by atomic mass is 10.0. The fourth-order valence-electron chi connectivity index (χ4n) is 5.90. The van der Waals surface area contributed by atoms with Gasteiger partial charge in [0.1, 0.15) is 12.6 Å². The van der Waals surface area contributed by atoms with Crippen LogP contribution in [0.3, 0.4) is 0 Å². The first kappa shape index (κ1) is 33.2. The van der Waals surface area contributed by atoms with Gasteiger partial charge in [-0.15, -0.1) is 0 Å². The van der Waals surface area contributed by atoms with E-state index in [0.717, 1.165) is 46.7 Å². The number of rotatable bonds is 12. The Balaban J connectivity index is 1.58. The molecule has 1 N–H and O–H groups in total. The van der Waals surface area contributed by atoms with E-state index >= 15 is 0 Å². The molecule has 0 radical (unpaired) electrons. The number of hydrogen-bond donors (Lipinski definition) is 1. The van der Waals surface area contributed by atoms with E-state index in [2.05, 4.69) is 5.32 Å². The highest BCUT2D eigenvalue weighted by Gasteiger charge is 2.36. The molecule has 0 aliphatic heterocycles. The molecule has 4 aromatic rings. The molecule has 9 heteroatoms. The highest BCUT2D eigenvalue weighted by molar-refractivity contribution is 7.92. The molecule has 0 bridgehead atoms. The first-order valence-corrected chi connectivity index (χ1v) is 17.5. The molecule has 1 aliphatic rings. The number of nitrogens with zero attached hydrogens (tertiary/aromatic N) is 2. The number of halogens is 1. The van der Waals surface area contributed by atoms with Gasteiger partial charge in [0.15, 0.2) is 0 Å².